The Bertz CT molecular complexity index is 543. The summed E-state index contributed by atoms with van der Waals surface area (Å²) in [5.74, 6) is 0. The van der Waals surface area contributed by atoms with Gasteiger partial charge >= 0.3 is 0 Å². The highest BCUT2D eigenvalue weighted by Gasteiger charge is 1.99. The molecule has 2 rings (SSSR count). The Morgan fingerprint density at radius 2 is 1.21 bits per heavy atom. The molecular weight excluding hydrogens is 360 g/mol. The maximum atomic E-state index is 5.36. The van der Waals surface area contributed by atoms with Gasteiger partial charge in [-0.3, -0.25) is 0 Å². The number of nitrogens with two attached hydrogens (primary N) is 1. The zero-order valence-corrected chi connectivity index (χ0v) is 15.7. The Kier molecular flexibility index (Phi) is 14.2. The van der Waals surface area contributed by atoms with Gasteiger partial charge in [0.1, 0.15) is 0 Å². The van der Waals surface area contributed by atoms with Gasteiger partial charge in [-0.25, -0.2) is 0 Å². The Balaban J connectivity index is 0.000000401. The molecule has 0 heterocycles. The van der Waals surface area contributed by atoms with E-state index in [1.165, 1.54) is 5.69 Å². The number of rotatable bonds is 6. The highest BCUT2D eigenvalue weighted by molar-refractivity contribution is 9.09. The average Bonchev–Trinajstić information content (AvgIpc) is 2.64. The number of nitrogens with zero attached hydrogens (tertiary/aromatic N) is 1. The molecule has 0 fully saturated rings. The van der Waals surface area contributed by atoms with Crippen molar-refractivity contribution in [3.8, 4) is 0 Å². The highest BCUT2D eigenvalue weighted by atomic mass is 79.9. The van der Waals surface area contributed by atoms with E-state index < -0.39 is 0 Å². The van der Waals surface area contributed by atoms with Crippen molar-refractivity contribution in [3.05, 3.63) is 98.6 Å². The van der Waals surface area contributed by atoms with Gasteiger partial charge in [-0.1, -0.05) is 70.6 Å². The molecule has 128 valence electrons. The molecule has 0 aromatic heterocycles. The lowest BCUT2D eigenvalue weighted by Crippen LogP contribution is -2.22. The first kappa shape index (κ1) is 21.7. The van der Waals surface area contributed by atoms with E-state index in [0.717, 1.165) is 24.1 Å². The summed E-state index contributed by atoms with van der Waals surface area (Å²) < 4.78 is 0. The molecule has 0 unspecified atom stereocenters. The minimum atomic E-state index is 0.822. The fraction of sp³-hybridized carbons (Fsp3) is 0.143. The van der Waals surface area contributed by atoms with Crippen LogP contribution in [-0.4, -0.2) is 18.4 Å². The molecule has 2 aromatic rings. The topological polar surface area (TPSA) is 29.3 Å². The number of nitrogen functional groups attached to an aromatic ring is 1. The van der Waals surface area contributed by atoms with Crippen molar-refractivity contribution in [1.29, 1.82) is 0 Å². The second-order valence-corrected chi connectivity index (χ2v) is 5.32. The fourth-order valence-corrected chi connectivity index (χ4v) is 1.69. The quantitative estimate of drug-likeness (QED) is 0.391. The normalized spacial score (nSPS) is 8.54. The predicted molar refractivity (Wildman–Crippen MR) is 114 cm³/mol. The number of halogens is 1. The summed E-state index contributed by atoms with van der Waals surface area (Å²) >= 11 is 3.13. The zero-order valence-electron chi connectivity index (χ0n) is 14.2. The lowest BCUT2D eigenvalue weighted by atomic mass is 10.3. The van der Waals surface area contributed by atoms with Gasteiger partial charge in [0.25, 0.3) is 0 Å². The first-order chi connectivity index (χ1) is 11.7. The molecular formula is C21H27BrN2. The number of hydrogen-bond acceptors (Lipinski definition) is 2. The molecule has 2 N–H and O–H groups in total. The van der Waals surface area contributed by atoms with E-state index in [0.29, 0.717) is 0 Å². The molecule has 24 heavy (non-hydrogen) atoms. The van der Waals surface area contributed by atoms with Crippen LogP contribution in [-0.2, 0) is 0 Å². The molecule has 3 heteroatoms. The van der Waals surface area contributed by atoms with Crippen LogP contribution in [0.4, 0.5) is 11.4 Å². The Morgan fingerprint density at radius 1 is 0.792 bits per heavy atom. The predicted octanol–water partition coefficient (Wildman–Crippen LogP) is 5.70. The van der Waals surface area contributed by atoms with Crippen LogP contribution in [0.15, 0.2) is 98.6 Å². The van der Waals surface area contributed by atoms with Crippen molar-refractivity contribution in [3.63, 3.8) is 0 Å². The summed E-state index contributed by atoms with van der Waals surface area (Å²) in [6.07, 6.45) is 5.59. The summed E-state index contributed by atoms with van der Waals surface area (Å²) in [6.45, 7) is 12.6. The van der Waals surface area contributed by atoms with Gasteiger partial charge < -0.3 is 10.6 Å². The van der Waals surface area contributed by atoms with Crippen LogP contribution in [0.5, 0.6) is 0 Å². The maximum absolute atomic E-state index is 5.36. The number of benzene rings is 2. The summed E-state index contributed by atoms with van der Waals surface area (Å²) in [5, 5.41) is 0.896. The van der Waals surface area contributed by atoms with Gasteiger partial charge in [-0.05, 0) is 24.3 Å². The second-order valence-electron chi connectivity index (χ2n) is 4.67. The molecule has 0 aliphatic rings. The second kappa shape index (κ2) is 15.6. The van der Waals surface area contributed by atoms with E-state index in [2.05, 4.69) is 52.7 Å². The van der Waals surface area contributed by atoms with Gasteiger partial charge in [0.15, 0.2) is 0 Å². The van der Waals surface area contributed by atoms with E-state index >= 15 is 0 Å². The molecule has 0 spiro atoms. The summed E-state index contributed by atoms with van der Waals surface area (Å²) in [4.78, 5) is 2.21. The monoisotopic (exact) mass is 386 g/mol. The standard InChI is InChI=1S/C12H15N.C6H7N.C3H5Br/c1-3-10-13(11-4-2)12-8-6-5-7-9-12;7-6-4-2-1-3-5-6;1-2-3-4/h3-9H,1-2,10-11H2;1-5H,7H2;2H,1,3H2. The van der Waals surface area contributed by atoms with Crippen LogP contribution in [0.1, 0.15) is 0 Å². The molecule has 0 saturated carbocycles. The van der Waals surface area contributed by atoms with Crippen LogP contribution in [0.2, 0.25) is 0 Å². The third kappa shape index (κ3) is 11.3. The van der Waals surface area contributed by atoms with Crippen molar-refractivity contribution in [2.24, 2.45) is 0 Å². The minimum absolute atomic E-state index is 0.822. The van der Waals surface area contributed by atoms with E-state index in [-0.39, 0.29) is 0 Å². The van der Waals surface area contributed by atoms with Crippen molar-refractivity contribution in [2.45, 2.75) is 0 Å². The largest absolute Gasteiger partial charge is 0.399 e. The highest BCUT2D eigenvalue weighted by Crippen LogP contribution is 2.12. The Morgan fingerprint density at radius 3 is 1.50 bits per heavy atom. The summed E-state index contributed by atoms with van der Waals surface area (Å²) in [5.41, 5.74) is 7.39. The van der Waals surface area contributed by atoms with E-state index in [1.807, 2.05) is 60.7 Å². The number of hydrogen-bond donors (Lipinski definition) is 1. The van der Waals surface area contributed by atoms with Gasteiger partial charge in [-0.2, -0.15) is 0 Å². The third-order valence-corrected chi connectivity index (χ3v) is 3.19. The lowest BCUT2D eigenvalue weighted by Gasteiger charge is -2.21. The first-order valence-corrected chi connectivity index (χ1v) is 8.80. The van der Waals surface area contributed by atoms with Gasteiger partial charge in [0, 0.05) is 29.8 Å². The molecule has 0 amide bonds. The van der Waals surface area contributed by atoms with Crippen LogP contribution in [0.25, 0.3) is 0 Å². The SMILES string of the molecule is C=CCBr.C=CCN(CC=C)c1ccccc1.Nc1ccccc1. The van der Waals surface area contributed by atoms with Crippen molar-refractivity contribution in [2.75, 3.05) is 29.1 Å². The van der Waals surface area contributed by atoms with E-state index in [1.54, 1.807) is 6.08 Å². The summed E-state index contributed by atoms with van der Waals surface area (Å²) in [7, 11) is 0. The van der Waals surface area contributed by atoms with Crippen molar-refractivity contribution < 1.29 is 0 Å². The van der Waals surface area contributed by atoms with Gasteiger partial charge in [0.05, 0.1) is 0 Å². The number of allylic oxidation sites excluding steroid dienone is 1. The molecule has 0 aliphatic carbocycles. The fourth-order valence-electron chi connectivity index (χ4n) is 1.69. The smallest absolute Gasteiger partial charge is 0.0371 e. The molecule has 0 aliphatic heterocycles. The number of alkyl halides is 1. The van der Waals surface area contributed by atoms with Gasteiger partial charge in [0.2, 0.25) is 0 Å². The molecule has 0 atom stereocenters. The van der Waals surface area contributed by atoms with Crippen LogP contribution in [0.3, 0.4) is 0 Å². The molecule has 2 aromatic carbocycles. The van der Waals surface area contributed by atoms with E-state index in [9.17, 15) is 0 Å². The lowest BCUT2D eigenvalue weighted by molar-refractivity contribution is 0.957. The third-order valence-electron chi connectivity index (χ3n) is 2.73. The summed E-state index contributed by atoms with van der Waals surface area (Å²) in [6, 6.07) is 19.8. The molecule has 0 radical (unpaired) electrons. The Labute approximate surface area is 155 Å². The Hall–Kier alpha value is -2.26. The van der Waals surface area contributed by atoms with Crippen molar-refractivity contribution >= 4 is 27.3 Å². The average molecular weight is 387 g/mol. The van der Waals surface area contributed by atoms with Crippen LogP contribution >= 0.6 is 15.9 Å². The van der Waals surface area contributed by atoms with Crippen molar-refractivity contribution in [1.82, 2.24) is 0 Å². The number of para-hydroxylation sites is 2. The number of anilines is 2. The van der Waals surface area contributed by atoms with Crippen LogP contribution < -0.4 is 10.6 Å². The van der Waals surface area contributed by atoms with Gasteiger partial charge in [-0.15, -0.1) is 19.7 Å². The molecule has 0 bridgehead atoms. The maximum Gasteiger partial charge on any atom is 0.0371 e. The van der Waals surface area contributed by atoms with Crippen LogP contribution in [0, 0.1) is 0 Å². The molecule has 0 saturated heterocycles. The first-order valence-electron chi connectivity index (χ1n) is 7.68. The molecule has 2 nitrogen and oxygen atoms in total. The van der Waals surface area contributed by atoms with E-state index in [4.69, 9.17) is 5.73 Å². The minimum Gasteiger partial charge on any atom is -0.399 e. The zero-order chi connectivity index (χ0) is 18.0.